The molecule has 0 bridgehead atoms. The molecule has 0 saturated carbocycles. The fraction of sp³-hybridized carbons (Fsp3) is 0.182. The summed E-state index contributed by atoms with van der Waals surface area (Å²) in [6, 6.07) is 18.8. The lowest BCUT2D eigenvalue weighted by Gasteiger charge is -2.32. The zero-order valence-electron chi connectivity index (χ0n) is 24.3. The molecule has 0 unspecified atom stereocenters. The number of aromatic nitrogens is 6. The van der Waals surface area contributed by atoms with E-state index in [4.69, 9.17) is 21.4 Å². The first kappa shape index (κ1) is 29.3. The molecular weight excluding hydrogens is 569 g/mol. The maximum atomic E-state index is 13.2. The van der Waals surface area contributed by atoms with E-state index < -0.39 is 5.82 Å². The Balaban J connectivity index is 1.15. The van der Waals surface area contributed by atoms with Gasteiger partial charge < -0.3 is 16.0 Å². The van der Waals surface area contributed by atoms with Gasteiger partial charge in [-0.05, 0) is 60.9 Å². The minimum absolute atomic E-state index is 0.127. The molecule has 4 aromatic heterocycles. The van der Waals surface area contributed by atoms with Crippen LogP contribution in [0, 0.1) is 22.6 Å². The van der Waals surface area contributed by atoms with Gasteiger partial charge in [-0.25, -0.2) is 24.3 Å². The third kappa shape index (κ3) is 7.06. The Morgan fingerprint density at radius 1 is 1.07 bits per heavy atom. The van der Waals surface area contributed by atoms with Crippen LogP contribution in [-0.4, -0.2) is 59.6 Å². The topological polar surface area (TPSA) is 169 Å². The number of hydrogen-bond acceptors (Lipinski definition) is 10. The fourth-order valence-electron chi connectivity index (χ4n) is 5.25. The predicted molar refractivity (Wildman–Crippen MR) is 170 cm³/mol. The van der Waals surface area contributed by atoms with Crippen LogP contribution >= 0.6 is 0 Å². The number of halogens is 1. The summed E-state index contributed by atoms with van der Waals surface area (Å²) in [5.41, 5.74) is 11.0. The number of aromatic amines is 1. The molecule has 12 heteroatoms. The van der Waals surface area contributed by atoms with Gasteiger partial charge >= 0.3 is 0 Å². The number of nitrogen functional groups attached to an aromatic ring is 1. The molecule has 1 aliphatic heterocycles. The number of pyridine rings is 2. The quantitative estimate of drug-likeness (QED) is 0.169. The van der Waals surface area contributed by atoms with Gasteiger partial charge in [0.2, 0.25) is 5.82 Å². The molecule has 5 N–H and O–H groups in total. The average molecular weight is 600 g/mol. The van der Waals surface area contributed by atoms with Crippen LogP contribution in [0.3, 0.4) is 0 Å². The molecule has 1 fully saturated rings. The standard InChI is InChI=1S/C33H30FN11/c34-23-7-9-27(40-19-23)26(36)8-10-28-43-31(32(44-28)25-2-1-14-39-33(25)37)22-5-3-21(4-6-22)20-45-16-12-24(13-17-45)41-29-11-15-38-30(18-35)42-29/h1-11,14-15,19,24,36H,12-13,16-17,20H2,(H2,37,39)(H,43,44)(H,38,41,42)/b10-8-,36-26?. The molecule has 1 saturated heterocycles. The van der Waals surface area contributed by atoms with E-state index in [2.05, 4.69) is 59.4 Å². The molecule has 5 heterocycles. The van der Waals surface area contributed by atoms with E-state index in [0.717, 1.165) is 55.5 Å². The SMILES string of the molecule is N#Cc1nccc(NC2CCN(Cc3ccc(-c4nc(/C=C\C(=N)c5ccc(F)cn5)[nH]c4-c4cccnc4N)cc3)CC2)n1. The third-order valence-corrected chi connectivity index (χ3v) is 7.57. The summed E-state index contributed by atoms with van der Waals surface area (Å²) >= 11 is 0. The van der Waals surface area contributed by atoms with Crippen LogP contribution in [-0.2, 0) is 6.54 Å². The van der Waals surface area contributed by atoms with Gasteiger partial charge in [0.1, 0.15) is 29.3 Å². The largest absolute Gasteiger partial charge is 0.383 e. The smallest absolute Gasteiger partial charge is 0.234 e. The first-order chi connectivity index (χ1) is 21.9. The Kier molecular flexibility index (Phi) is 8.61. The highest BCUT2D eigenvalue weighted by molar-refractivity contribution is 6.07. The van der Waals surface area contributed by atoms with Crippen LogP contribution in [0.5, 0.6) is 0 Å². The predicted octanol–water partition coefficient (Wildman–Crippen LogP) is 5.07. The number of nitrogens with one attached hydrogen (secondary N) is 3. The number of likely N-dealkylation sites (tertiary alicyclic amines) is 1. The molecule has 1 aliphatic rings. The zero-order valence-corrected chi connectivity index (χ0v) is 24.3. The number of anilines is 2. The lowest BCUT2D eigenvalue weighted by molar-refractivity contribution is 0.211. The molecule has 0 spiro atoms. The summed E-state index contributed by atoms with van der Waals surface area (Å²) in [6.07, 6.45) is 9.52. The van der Waals surface area contributed by atoms with Crippen molar-refractivity contribution < 1.29 is 4.39 Å². The number of benzene rings is 1. The highest BCUT2D eigenvalue weighted by atomic mass is 19.1. The third-order valence-electron chi connectivity index (χ3n) is 7.57. The molecule has 0 aliphatic carbocycles. The first-order valence-electron chi connectivity index (χ1n) is 14.5. The minimum atomic E-state index is -0.454. The molecule has 0 amide bonds. The van der Waals surface area contributed by atoms with E-state index >= 15 is 0 Å². The zero-order chi connectivity index (χ0) is 31.2. The van der Waals surface area contributed by atoms with Crippen LogP contribution in [0.2, 0.25) is 0 Å². The Hall–Kier alpha value is -5.80. The number of rotatable bonds is 9. The number of piperidine rings is 1. The van der Waals surface area contributed by atoms with Gasteiger partial charge in [0.25, 0.3) is 0 Å². The maximum absolute atomic E-state index is 13.2. The van der Waals surface area contributed by atoms with Crippen molar-refractivity contribution in [3.8, 4) is 28.6 Å². The number of nitrogens with two attached hydrogens (primary N) is 1. The summed E-state index contributed by atoms with van der Waals surface area (Å²) in [5.74, 6) is 1.30. The summed E-state index contributed by atoms with van der Waals surface area (Å²) in [6.45, 7) is 2.71. The summed E-state index contributed by atoms with van der Waals surface area (Å²) in [4.78, 5) is 27.0. The van der Waals surface area contributed by atoms with Gasteiger partial charge in [0.05, 0.1) is 29.0 Å². The molecular formula is C33H30FN11. The van der Waals surface area contributed by atoms with Crippen LogP contribution in [0.1, 0.15) is 35.7 Å². The van der Waals surface area contributed by atoms with E-state index in [-0.39, 0.29) is 11.5 Å². The van der Waals surface area contributed by atoms with Gasteiger partial charge in [-0.1, -0.05) is 24.3 Å². The van der Waals surface area contributed by atoms with Gasteiger partial charge in [0.15, 0.2) is 0 Å². The summed E-state index contributed by atoms with van der Waals surface area (Å²) in [5, 5.41) is 20.8. The van der Waals surface area contributed by atoms with Crippen molar-refractivity contribution in [3.63, 3.8) is 0 Å². The molecule has 1 aromatic carbocycles. The Bertz CT molecular complexity index is 1870. The second kappa shape index (κ2) is 13.2. The highest BCUT2D eigenvalue weighted by Crippen LogP contribution is 2.33. The molecule has 0 radical (unpaired) electrons. The molecule has 11 nitrogen and oxygen atoms in total. The first-order valence-corrected chi connectivity index (χ1v) is 14.5. The number of hydrogen-bond donors (Lipinski definition) is 4. The normalized spacial score (nSPS) is 14.0. The molecule has 224 valence electrons. The van der Waals surface area contributed by atoms with E-state index in [0.29, 0.717) is 34.9 Å². The second-order valence-electron chi connectivity index (χ2n) is 10.7. The maximum Gasteiger partial charge on any atom is 0.234 e. The summed E-state index contributed by atoms with van der Waals surface area (Å²) < 4.78 is 13.2. The van der Waals surface area contributed by atoms with E-state index in [9.17, 15) is 4.39 Å². The van der Waals surface area contributed by atoms with Gasteiger partial charge in [-0.15, -0.1) is 0 Å². The van der Waals surface area contributed by atoms with E-state index in [1.807, 2.05) is 18.2 Å². The fourth-order valence-corrected chi connectivity index (χ4v) is 5.25. The van der Waals surface area contributed by atoms with Crippen molar-refractivity contribution in [2.45, 2.75) is 25.4 Å². The lowest BCUT2D eigenvalue weighted by atomic mass is 10.0. The number of allylic oxidation sites excluding steroid dienone is 1. The number of nitriles is 1. The van der Waals surface area contributed by atoms with E-state index in [1.54, 1.807) is 30.6 Å². The van der Waals surface area contributed by atoms with Crippen molar-refractivity contribution in [1.82, 2.24) is 34.8 Å². The number of nitrogens with zero attached hydrogens (tertiary/aromatic N) is 7. The number of H-pyrrole nitrogens is 1. The van der Waals surface area contributed by atoms with Crippen LogP contribution in [0.4, 0.5) is 16.0 Å². The highest BCUT2D eigenvalue weighted by Gasteiger charge is 2.20. The average Bonchev–Trinajstić information content (AvgIpc) is 3.49. The molecule has 0 atom stereocenters. The Labute approximate surface area is 259 Å². The second-order valence-corrected chi connectivity index (χ2v) is 10.7. The van der Waals surface area contributed by atoms with Crippen molar-refractivity contribution in [2.75, 3.05) is 24.1 Å². The monoisotopic (exact) mass is 599 g/mol. The van der Waals surface area contributed by atoms with Crippen LogP contribution in [0.25, 0.3) is 28.6 Å². The van der Waals surface area contributed by atoms with Crippen molar-refractivity contribution in [3.05, 3.63) is 108 Å². The van der Waals surface area contributed by atoms with Crippen LogP contribution in [0.15, 0.2) is 79.3 Å². The molecule has 6 rings (SSSR count). The van der Waals surface area contributed by atoms with Gasteiger partial charge in [-0.3, -0.25) is 15.3 Å². The Morgan fingerprint density at radius 2 is 1.89 bits per heavy atom. The molecule has 45 heavy (non-hydrogen) atoms. The summed E-state index contributed by atoms with van der Waals surface area (Å²) in [7, 11) is 0. The van der Waals surface area contributed by atoms with Crippen molar-refractivity contribution >= 4 is 23.4 Å². The van der Waals surface area contributed by atoms with Gasteiger partial charge in [0, 0.05) is 49.2 Å². The van der Waals surface area contributed by atoms with Crippen molar-refractivity contribution in [2.24, 2.45) is 0 Å². The number of imidazole rings is 1. The Morgan fingerprint density at radius 3 is 2.62 bits per heavy atom. The minimum Gasteiger partial charge on any atom is -0.383 e. The van der Waals surface area contributed by atoms with E-state index in [1.165, 1.54) is 17.7 Å². The van der Waals surface area contributed by atoms with Crippen LogP contribution < -0.4 is 11.1 Å². The lowest BCUT2D eigenvalue weighted by Crippen LogP contribution is -2.38. The van der Waals surface area contributed by atoms with Crippen molar-refractivity contribution in [1.29, 1.82) is 10.7 Å². The van der Waals surface area contributed by atoms with Gasteiger partial charge in [-0.2, -0.15) is 5.26 Å². The molecule has 5 aromatic rings.